The molecule has 1 atom stereocenters. The number of hydrogen-bond donors (Lipinski definition) is 2. The monoisotopic (exact) mass is 311 g/mol. The van der Waals surface area contributed by atoms with Gasteiger partial charge in [0, 0.05) is 4.47 Å². The number of benzene rings is 1. The van der Waals surface area contributed by atoms with Crippen molar-refractivity contribution in [3.05, 3.63) is 26.7 Å². The Labute approximate surface area is 106 Å². The third-order valence-corrected chi connectivity index (χ3v) is 3.55. The van der Waals surface area contributed by atoms with Gasteiger partial charge < -0.3 is 10.4 Å². The van der Waals surface area contributed by atoms with Gasteiger partial charge in [0.25, 0.3) is 0 Å². The van der Waals surface area contributed by atoms with Crippen molar-refractivity contribution in [2.24, 2.45) is 0 Å². The lowest BCUT2D eigenvalue weighted by Crippen LogP contribution is -2.25. The van der Waals surface area contributed by atoms with Crippen LogP contribution in [-0.2, 0) is 4.79 Å². The number of halogens is 3. The molecule has 0 aromatic heterocycles. The van der Waals surface area contributed by atoms with Gasteiger partial charge in [-0.1, -0.05) is 23.2 Å². The summed E-state index contributed by atoms with van der Waals surface area (Å²) < 4.78 is 0.669. The molecule has 1 unspecified atom stereocenters. The van der Waals surface area contributed by atoms with Gasteiger partial charge in [0.1, 0.15) is 6.04 Å². The molecule has 6 heteroatoms. The Balaban J connectivity index is 2.97. The van der Waals surface area contributed by atoms with E-state index in [1.807, 2.05) is 0 Å². The van der Waals surface area contributed by atoms with Gasteiger partial charge in [0.15, 0.2) is 0 Å². The largest absolute Gasteiger partial charge is 0.480 e. The zero-order valence-electron chi connectivity index (χ0n) is 7.72. The van der Waals surface area contributed by atoms with Crippen LogP contribution < -0.4 is 5.32 Å². The maximum absolute atomic E-state index is 10.6. The van der Waals surface area contributed by atoms with Crippen LogP contribution in [0.1, 0.15) is 6.92 Å². The fourth-order valence-electron chi connectivity index (χ4n) is 0.932. The molecule has 1 aromatic carbocycles. The summed E-state index contributed by atoms with van der Waals surface area (Å²) in [5, 5.41) is 12.1. The van der Waals surface area contributed by atoms with Gasteiger partial charge in [-0.3, -0.25) is 4.79 Å². The summed E-state index contributed by atoms with van der Waals surface area (Å²) in [5.41, 5.74) is 0.500. The van der Waals surface area contributed by atoms with E-state index in [0.29, 0.717) is 20.2 Å². The van der Waals surface area contributed by atoms with Crippen LogP contribution in [0.3, 0.4) is 0 Å². The van der Waals surface area contributed by atoms with Crippen molar-refractivity contribution >= 4 is 50.8 Å². The molecule has 0 bridgehead atoms. The number of carbonyl (C=O) groups is 1. The van der Waals surface area contributed by atoms with Crippen molar-refractivity contribution in [1.29, 1.82) is 0 Å². The minimum absolute atomic E-state index is 0.305. The van der Waals surface area contributed by atoms with Crippen molar-refractivity contribution in [2.75, 3.05) is 5.32 Å². The minimum atomic E-state index is -0.954. The molecule has 0 aliphatic rings. The SMILES string of the molecule is CC(Nc1ccc(Br)c(Cl)c1Cl)C(=O)O. The highest BCUT2D eigenvalue weighted by atomic mass is 79.9. The predicted molar refractivity (Wildman–Crippen MR) is 64.9 cm³/mol. The fourth-order valence-corrected chi connectivity index (χ4v) is 1.76. The molecule has 0 spiro atoms. The van der Waals surface area contributed by atoms with Crippen molar-refractivity contribution in [3.63, 3.8) is 0 Å². The van der Waals surface area contributed by atoms with Gasteiger partial charge in [-0.2, -0.15) is 0 Å². The molecule has 0 saturated heterocycles. The third-order valence-electron chi connectivity index (χ3n) is 1.78. The Morgan fingerprint density at radius 2 is 2.07 bits per heavy atom. The van der Waals surface area contributed by atoms with Crippen molar-refractivity contribution < 1.29 is 9.90 Å². The van der Waals surface area contributed by atoms with Crippen molar-refractivity contribution in [3.8, 4) is 0 Å². The van der Waals surface area contributed by atoms with Crippen LogP contribution in [0.2, 0.25) is 10.0 Å². The zero-order valence-corrected chi connectivity index (χ0v) is 10.8. The molecule has 2 N–H and O–H groups in total. The van der Waals surface area contributed by atoms with E-state index >= 15 is 0 Å². The molecule has 0 radical (unpaired) electrons. The van der Waals surface area contributed by atoms with Crippen molar-refractivity contribution in [1.82, 2.24) is 0 Å². The van der Waals surface area contributed by atoms with Crippen LogP contribution in [0, 0.1) is 0 Å². The molecule has 82 valence electrons. The van der Waals surface area contributed by atoms with Crippen molar-refractivity contribution in [2.45, 2.75) is 13.0 Å². The lowest BCUT2D eigenvalue weighted by atomic mass is 10.2. The number of rotatable bonds is 3. The Morgan fingerprint density at radius 1 is 1.47 bits per heavy atom. The molecule has 3 nitrogen and oxygen atoms in total. The molecule has 0 fully saturated rings. The average molecular weight is 313 g/mol. The molecular weight excluding hydrogens is 305 g/mol. The highest BCUT2D eigenvalue weighted by Gasteiger charge is 2.14. The van der Waals surface area contributed by atoms with E-state index < -0.39 is 12.0 Å². The maximum Gasteiger partial charge on any atom is 0.325 e. The number of anilines is 1. The molecule has 15 heavy (non-hydrogen) atoms. The molecule has 1 aromatic rings. The van der Waals surface area contributed by atoms with Gasteiger partial charge in [-0.05, 0) is 35.0 Å². The predicted octanol–water partition coefficient (Wildman–Crippen LogP) is 3.64. The minimum Gasteiger partial charge on any atom is -0.480 e. The Hall–Kier alpha value is -0.450. The standard InChI is InChI=1S/C9H8BrCl2NO2/c1-4(9(14)15)13-6-3-2-5(10)7(11)8(6)12/h2-4,13H,1H3,(H,14,15). The van der Waals surface area contributed by atoms with Crippen LogP contribution in [0.4, 0.5) is 5.69 Å². The van der Waals surface area contributed by atoms with E-state index in [1.54, 1.807) is 12.1 Å². The summed E-state index contributed by atoms with van der Waals surface area (Å²) in [5.74, 6) is -0.954. The lowest BCUT2D eigenvalue weighted by molar-refractivity contribution is -0.137. The topological polar surface area (TPSA) is 49.3 Å². The third kappa shape index (κ3) is 3.00. The summed E-state index contributed by atoms with van der Waals surface area (Å²) in [4.78, 5) is 10.6. The first-order valence-corrected chi connectivity index (χ1v) is 5.61. The van der Waals surface area contributed by atoms with Crippen LogP contribution >= 0.6 is 39.1 Å². The first-order chi connectivity index (χ1) is 6.93. The Kier molecular flexibility index (Phi) is 4.25. The second-order valence-corrected chi connectivity index (χ2v) is 4.54. The molecule has 0 saturated carbocycles. The highest BCUT2D eigenvalue weighted by Crippen LogP contribution is 2.35. The number of carboxylic acid groups (broad SMARTS) is 1. The van der Waals surface area contributed by atoms with E-state index in [9.17, 15) is 4.79 Å². The Morgan fingerprint density at radius 3 is 2.60 bits per heavy atom. The lowest BCUT2D eigenvalue weighted by Gasteiger charge is -2.13. The van der Waals surface area contributed by atoms with Gasteiger partial charge >= 0.3 is 5.97 Å². The number of carboxylic acids is 1. The quantitative estimate of drug-likeness (QED) is 0.838. The molecule has 1 rings (SSSR count). The van der Waals surface area contributed by atoms with Crippen LogP contribution in [0.15, 0.2) is 16.6 Å². The molecule has 0 heterocycles. The first-order valence-electron chi connectivity index (χ1n) is 4.06. The summed E-state index contributed by atoms with van der Waals surface area (Å²) in [6.07, 6.45) is 0. The first kappa shape index (κ1) is 12.6. The van der Waals surface area contributed by atoms with E-state index in [1.165, 1.54) is 6.92 Å². The highest BCUT2D eigenvalue weighted by molar-refractivity contribution is 9.10. The second-order valence-electron chi connectivity index (χ2n) is 2.93. The molecule has 0 amide bonds. The summed E-state index contributed by atoms with van der Waals surface area (Å²) in [6, 6.07) is 2.64. The molecule has 0 aliphatic heterocycles. The summed E-state index contributed by atoms with van der Waals surface area (Å²) in [6.45, 7) is 1.52. The van der Waals surface area contributed by atoms with E-state index in [2.05, 4.69) is 21.2 Å². The number of aliphatic carboxylic acids is 1. The van der Waals surface area contributed by atoms with Gasteiger partial charge in [-0.25, -0.2) is 0 Å². The van der Waals surface area contributed by atoms with Gasteiger partial charge in [0.2, 0.25) is 0 Å². The van der Waals surface area contributed by atoms with E-state index in [0.717, 1.165) is 0 Å². The van der Waals surface area contributed by atoms with Crippen LogP contribution in [-0.4, -0.2) is 17.1 Å². The number of nitrogens with one attached hydrogen (secondary N) is 1. The number of hydrogen-bond acceptors (Lipinski definition) is 2. The smallest absolute Gasteiger partial charge is 0.325 e. The molecule has 0 aliphatic carbocycles. The van der Waals surface area contributed by atoms with Gasteiger partial charge in [-0.15, -0.1) is 0 Å². The summed E-state index contributed by atoms with van der Waals surface area (Å²) in [7, 11) is 0. The summed E-state index contributed by atoms with van der Waals surface area (Å²) >= 11 is 15.0. The fraction of sp³-hybridized carbons (Fsp3) is 0.222. The van der Waals surface area contributed by atoms with E-state index in [-0.39, 0.29) is 0 Å². The van der Waals surface area contributed by atoms with E-state index in [4.69, 9.17) is 28.3 Å². The normalized spacial score (nSPS) is 12.3. The maximum atomic E-state index is 10.6. The molecular formula is C9H8BrCl2NO2. The Bertz CT molecular complexity index is 398. The van der Waals surface area contributed by atoms with Crippen LogP contribution in [0.25, 0.3) is 0 Å². The van der Waals surface area contributed by atoms with Crippen LogP contribution in [0.5, 0.6) is 0 Å². The zero-order chi connectivity index (χ0) is 11.6. The average Bonchev–Trinajstić information content (AvgIpc) is 2.18. The van der Waals surface area contributed by atoms with Gasteiger partial charge in [0.05, 0.1) is 15.7 Å². The second kappa shape index (κ2) is 5.05.